The topological polar surface area (TPSA) is 79.9 Å². The van der Waals surface area contributed by atoms with Crippen LogP contribution in [0.15, 0.2) is 36.4 Å². The van der Waals surface area contributed by atoms with E-state index >= 15 is 0 Å². The molecule has 7 heteroatoms. The molecular formula is C26H29N3O4. The van der Waals surface area contributed by atoms with Gasteiger partial charge in [-0.15, -0.1) is 0 Å². The van der Waals surface area contributed by atoms with Gasteiger partial charge in [0.05, 0.1) is 23.6 Å². The molecule has 0 unspecified atom stereocenters. The van der Waals surface area contributed by atoms with Crippen LogP contribution in [0.3, 0.4) is 0 Å². The van der Waals surface area contributed by atoms with Crippen LogP contribution in [0.4, 0.5) is 0 Å². The fraction of sp³-hybridized carbons (Fsp3) is 0.462. The molecule has 4 heterocycles. The Morgan fingerprint density at radius 1 is 1.21 bits per heavy atom. The van der Waals surface area contributed by atoms with Gasteiger partial charge in [-0.05, 0) is 56.3 Å². The van der Waals surface area contributed by atoms with Crippen LogP contribution in [0.2, 0.25) is 0 Å². The third-order valence-electron chi connectivity index (χ3n) is 7.65. The molecule has 172 valence electrons. The first-order chi connectivity index (χ1) is 16.1. The van der Waals surface area contributed by atoms with E-state index in [0.717, 1.165) is 42.5 Å². The second kappa shape index (κ2) is 8.06. The van der Waals surface area contributed by atoms with Crippen molar-refractivity contribution in [3.05, 3.63) is 58.7 Å². The summed E-state index contributed by atoms with van der Waals surface area (Å²) in [5, 5.41) is 6.67. The predicted octanol–water partition coefficient (Wildman–Crippen LogP) is 3.10. The molecule has 2 N–H and O–H groups in total. The van der Waals surface area contributed by atoms with Crippen molar-refractivity contribution in [2.24, 2.45) is 5.92 Å². The predicted molar refractivity (Wildman–Crippen MR) is 122 cm³/mol. The summed E-state index contributed by atoms with van der Waals surface area (Å²) in [6, 6.07) is 11.9. The van der Waals surface area contributed by atoms with Gasteiger partial charge in [-0.25, -0.2) is 0 Å². The van der Waals surface area contributed by atoms with Gasteiger partial charge in [0.25, 0.3) is 5.91 Å². The smallest absolute Gasteiger partial charge is 0.255 e. The van der Waals surface area contributed by atoms with Crippen molar-refractivity contribution in [1.29, 1.82) is 0 Å². The van der Waals surface area contributed by atoms with E-state index in [1.54, 1.807) is 0 Å². The molecule has 2 amide bonds. The summed E-state index contributed by atoms with van der Waals surface area (Å²) in [5.74, 6) is 1.29. The minimum absolute atomic E-state index is 0.0381. The van der Waals surface area contributed by atoms with E-state index in [0.29, 0.717) is 30.0 Å². The summed E-state index contributed by atoms with van der Waals surface area (Å²) in [6.07, 6.45) is 3.60. The number of piperidine rings is 2. The van der Waals surface area contributed by atoms with Gasteiger partial charge < -0.3 is 25.0 Å². The van der Waals surface area contributed by atoms with Gasteiger partial charge in [0, 0.05) is 18.2 Å². The van der Waals surface area contributed by atoms with Crippen LogP contribution in [0.1, 0.15) is 65.3 Å². The number of amides is 2. The summed E-state index contributed by atoms with van der Waals surface area (Å²) < 4.78 is 11.8. The van der Waals surface area contributed by atoms with Gasteiger partial charge in [0.15, 0.2) is 11.5 Å². The Morgan fingerprint density at radius 3 is 2.88 bits per heavy atom. The molecule has 2 fully saturated rings. The zero-order valence-corrected chi connectivity index (χ0v) is 18.8. The van der Waals surface area contributed by atoms with E-state index in [4.69, 9.17) is 9.47 Å². The number of benzene rings is 2. The summed E-state index contributed by atoms with van der Waals surface area (Å²) >= 11 is 0. The third-order valence-corrected chi connectivity index (χ3v) is 7.65. The van der Waals surface area contributed by atoms with Crippen molar-refractivity contribution in [1.82, 2.24) is 15.5 Å². The summed E-state index contributed by atoms with van der Waals surface area (Å²) in [4.78, 5) is 28.6. The summed E-state index contributed by atoms with van der Waals surface area (Å²) in [6.45, 7) is 3.71. The highest BCUT2D eigenvalue weighted by atomic mass is 16.7. The van der Waals surface area contributed by atoms with Crippen molar-refractivity contribution in [3.8, 4) is 11.5 Å². The minimum atomic E-state index is -0.174. The van der Waals surface area contributed by atoms with E-state index in [1.165, 1.54) is 0 Å². The van der Waals surface area contributed by atoms with Crippen LogP contribution in [0, 0.1) is 5.92 Å². The lowest BCUT2D eigenvalue weighted by molar-refractivity contribution is -0.145. The quantitative estimate of drug-likeness (QED) is 0.756. The third kappa shape index (κ3) is 3.37. The molecule has 0 aromatic heterocycles. The van der Waals surface area contributed by atoms with E-state index in [1.807, 2.05) is 48.2 Å². The second-order valence-corrected chi connectivity index (χ2v) is 9.51. The molecule has 0 radical (unpaired) electrons. The Labute approximate surface area is 193 Å². The highest BCUT2D eigenvalue weighted by Gasteiger charge is 2.47. The maximum absolute atomic E-state index is 13.3. The first-order valence-corrected chi connectivity index (χ1v) is 12.0. The van der Waals surface area contributed by atoms with Crippen LogP contribution >= 0.6 is 0 Å². The molecule has 7 nitrogen and oxygen atoms in total. The highest BCUT2D eigenvalue weighted by molar-refractivity contribution is 5.99. The van der Waals surface area contributed by atoms with Crippen molar-refractivity contribution < 1.29 is 19.1 Å². The normalized spacial score (nSPS) is 26.2. The van der Waals surface area contributed by atoms with Crippen LogP contribution in [0.25, 0.3) is 0 Å². The molecule has 4 atom stereocenters. The largest absolute Gasteiger partial charge is 0.453 e. The molecular weight excluding hydrogens is 418 g/mol. The van der Waals surface area contributed by atoms with Crippen molar-refractivity contribution in [2.45, 2.75) is 50.7 Å². The number of carbonyl (C=O) groups excluding carboxylic acids is 2. The van der Waals surface area contributed by atoms with Crippen molar-refractivity contribution in [3.63, 3.8) is 0 Å². The van der Waals surface area contributed by atoms with Crippen molar-refractivity contribution in [2.75, 3.05) is 19.9 Å². The maximum Gasteiger partial charge on any atom is 0.255 e. The van der Waals surface area contributed by atoms with Crippen LogP contribution < -0.4 is 20.1 Å². The SMILES string of the molecule is C[C@@H](NC(=O)c1cc2c(c3c1OCO3)[C@H]1C[C@@H]3NCCC[C@@H]3C(=O)N1CC2)c1ccccc1. The van der Waals surface area contributed by atoms with E-state index in [9.17, 15) is 9.59 Å². The lowest BCUT2D eigenvalue weighted by Gasteiger charge is -2.48. The van der Waals surface area contributed by atoms with Gasteiger partial charge in [-0.1, -0.05) is 30.3 Å². The minimum Gasteiger partial charge on any atom is -0.453 e. The van der Waals surface area contributed by atoms with Crippen LogP contribution in [-0.2, 0) is 11.2 Å². The summed E-state index contributed by atoms with van der Waals surface area (Å²) in [5.41, 5.74) is 3.66. The van der Waals surface area contributed by atoms with Gasteiger partial charge >= 0.3 is 0 Å². The number of fused-ring (bicyclic) bond motifs is 6. The molecule has 0 spiro atoms. The first-order valence-electron chi connectivity index (χ1n) is 12.0. The number of hydrogen-bond donors (Lipinski definition) is 2. The second-order valence-electron chi connectivity index (χ2n) is 9.51. The van der Waals surface area contributed by atoms with Crippen LogP contribution in [-0.4, -0.2) is 42.6 Å². The lowest BCUT2D eigenvalue weighted by atomic mass is 9.76. The molecule has 2 saturated heterocycles. The molecule has 2 aromatic carbocycles. The molecule has 0 bridgehead atoms. The van der Waals surface area contributed by atoms with Crippen LogP contribution in [0.5, 0.6) is 11.5 Å². The van der Waals surface area contributed by atoms with E-state index in [-0.39, 0.29) is 42.7 Å². The van der Waals surface area contributed by atoms with Gasteiger partial charge in [0.1, 0.15) is 0 Å². The molecule has 0 aliphatic carbocycles. The van der Waals surface area contributed by atoms with Gasteiger partial charge in [-0.2, -0.15) is 0 Å². The molecule has 33 heavy (non-hydrogen) atoms. The Kier molecular flexibility index (Phi) is 5.02. The molecule has 4 aliphatic heterocycles. The fourth-order valence-electron chi connectivity index (χ4n) is 5.99. The van der Waals surface area contributed by atoms with E-state index < -0.39 is 0 Å². The number of rotatable bonds is 3. The van der Waals surface area contributed by atoms with Gasteiger partial charge in [-0.3, -0.25) is 9.59 Å². The Balaban J connectivity index is 1.34. The maximum atomic E-state index is 13.3. The Morgan fingerprint density at radius 2 is 2.03 bits per heavy atom. The highest BCUT2D eigenvalue weighted by Crippen LogP contribution is 2.50. The first kappa shape index (κ1) is 20.5. The standard InChI is InChI=1S/C26H29N3O4/c1-15(16-6-3-2-4-7-16)28-25(30)19-12-17-9-11-29-21(22(17)24-23(19)32-14-33-24)13-20-18(26(29)31)8-5-10-27-20/h2-4,6-7,12,15,18,20-21,27H,5,8-11,13-14H2,1H3,(H,28,30)/t15-,18+,20+,21-/m1/s1. The molecule has 2 aromatic rings. The monoisotopic (exact) mass is 447 g/mol. The zero-order valence-electron chi connectivity index (χ0n) is 18.8. The average Bonchev–Trinajstić information content (AvgIpc) is 3.34. The Hall–Kier alpha value is -3.06. The number of nitrogens with one attached hydrogen (secondary N) is 2. The lowest BCUT2D eigenvalue weighted by Crippen LogP contribution is -2.57. The Bertz CT molecular complexity index is 1100. The average molecular weight is 448 g/mol. The van der Waals surface area contributed by atoms with E-state index in [2.05, 4.69) is 10.6 Å². The number of nitrogens with zero attached hydrogens (tertiary/aromatic N) is 1. The summed E-state index contributed by atoms with van der Waals surface area (Å²) in [7, 11) is 0. The van der Waals surface area contributed by atoms with Gasteiger partial charge in [0.2, 0.25) is 12.7 Å². The van der Waals surface area contributed by atoms with Crippen molar-refractivity contribution >= 4 is 11.8 Å². The zero-order chi connectivity index (χ0) is 22.5. The molecule has 6 rings (SSSR count). The number of hydrogen-bond acceptors (Lipinski definition) is 5. The fourth-order valence-corrected chi connectivity index (χ4v) is 5.99. The number of carbonyl (C=O) groups is 2. The molecule has 0 saturated carbocycles. The molecule has 4 aliphatic rings. The number of ether oxygens (including phenoxy) is 2.